The average molecular weight is 394 g/mol. The van der Waals surface area contributed by atoms with E-state index in [1.807, 2.05) is 53.7 Å². The highest BCUT2D eigenvalue weighted by Crippen LogP contribution is 2.47. The van der Waals surface area contributed by atoms with Crippen molar-refractivity contribution in [2.24, 2.45) is 0 Å². The summed E-state index contributed by atoms with van der Waals surface area (Å²) in [6.07, 6.45) is 1.50. The maximum Gasteiger partial charge on any atom is 0.737 e. The lowest BCUT2D eigenvalue weighted by molar-refractivity contribution is -0.363. The number of hydrogen-bond acceptors (Lipinski definition) is 0. The van der Waals surface area contributed by atoms with Gasteiger partial charge >= 0.3 is 6.97 Å². The molecule has 0 saturated carbocycles. The van der Waals surface area contributed by atoms with E-state index in [9.17, 15) is 0 Å². The summed E-state index contributed by atoms with van der Waals surface area (Å²) in [6, 6.07) is 8.23. The Bertz CT molecular complexity index is 1150. The van der Waals surface area contributed by atoms with Gasteiger partial charge in [0.05, 0.1) is 5.57 Å². The third-order valence-electron chi connectivity index (χ3n) is 6.80. The van der Waals surface area contributed by atoms with Gasteiger partial charge in [-0.2, -0.15) is 0 Å². The molecule has 0 bridgehead atoms. The SMILES string of the molecule is CCC1=C(C)C2=C(c3cccc(C)c3)c3c(C)c(CC)c(C)n3[B-](F)(F)[N+]2=C1C. The molecular weight excluding hydrogens is 365 g/mol. The fourth-order valence-electron chi connectivity index (χ4n) is 5.55. The molecule has 2 aliphatic rings. The van der Waals surface area contributed by atoms with Crippen LogP contribution in [0.1, 0.15) is 67.8 Å². The van der Waals surface area contributed by atoms with Crippen LogP contribution >= 0.6 is 0 Å². The van der Waals surface area contributed by atoms with Gasteiger partial charge in [-0.25, -0.2) is 0 Å². The predicted octanol–water partition coefficient (Wildman–Crippen LogP) is 6.18. The molecule has 0 amide bonds. The average Bonchev–Trinajstić information content (AvgIpc) is 3.07. The maximum absolute atomic E-state index is 16.1. The maximum atomic E-state index is 16.1. The molecule has 0 unspecified atom stereocenters. The topological polar surface area (TPSA) is 7.94 Å². The van der Waals surface area contributed by atoms with Gasteiger partial charge in [-0.3, -0.25) is 0 Å². The van der Waals surface area contributed by atoms with E-state index in [4.69, 9.17) is 0 Å². The van der Waals surface area contributed by atoms with Gasteiger partial charge in [0.1, 0.15) is 5.71 Å². The first-order valence-corrected chi connectivity index (χ1v) is 10.5. The summed E-state index contributed by atoms with van der Waals surface area (Å²) in [5.74, 6) is 0. The van der Waals surface area contributed by atoms with Crippen molar-refractivity contribution in [1.82, 2.24) is 4.48 Å². The second kappa shape index (κ2) is 6.55. The summed E-state index contributed by atoms with van der Waals surface area (Å²) in [7, 11) is 0. The van der Waals surface area contributed by atoms with Crippen molar-refractivity contribution in [3.8, 4) is 0 Å². The Morgan fingerprint density at radius 1 is 1.00 bits per heavy atom. The second-order valence-electron chi connectivity index (χ2n) is 8.36. The lowest BCUT2D eigenvalue weighted by Gasteiger charge is -2.34. The van der Waals surface area contributed by atoms with Crippen LogP contribution in [0.4, 0.5) is 8.63 Å². The molecule has 0 N–H and O–H groups in total. The first-order valence-electron chi connectivity index (χ1n) is 10.5. The van der Waals surface area contributed by atoms with E-state index in [0.717, 1.165) is 51.8 Å². The Morgan fingerprint density at radius 3 is 2.28 bits per heavy atom. The quantitative estimate of drug-likeness (QED) is 0.549. The Morgan fingerprint density at radius 2 is 1.69 bits per heavy atom. The molecular formula is C24H29BF2N2. The van der Waals surface area contributed by atoms with Crippen LogP contribution in [0.5, 0.6) is 0 Å². The molecule has 2 aliphatic heterocycles. The highest BCUT2D eigenvalue weighted by molar-refractivity contribution is 6.58. The monoisotopic (exact) mass is 394 g/mol. The second-order valence-corrected chi connectivity index (χ2v) is 8.36. The predicted molar refractivity (Wildman–Crippen MR) is 118 cm³/mol. The largest absolute Gasteiger partial charge is 0.737 e. The smallest absolute Gasteiger partial charge is 0.393 e. The molecule has 152 valence electrons. The van der Waals surface area contributed by atoms with E-state index in [2.05, 4.69) is 19.1 Å². The molecule has 0 aliphatic carbocycles. The molecule has 2 aromatic rings. The molecule has 5 heteroatoms. The molecule has 4 rings (SSSR count). The standard InChI is InChI=1S/C24H29BF2N2/c1-8-20-15(4)23-22(19-12-10-11-14(3)13-19)24-16(5)21(9-2)18(7)29(24)25(26,27)28(23)17(20)6/h10-13H,8-9H2,1-7H3. The van der Waals surface area contributed by atoms with Crippen LogP contribution in [-0.2, 0) is 6.42 Å². The van der Waals surface area contributed by atoms with Crippen molar-refractivity contribution in [3.05, 3.63) is 74.8 Å². The Balaban J connectivity index is 2.24. The Labute approximate surface area is 172 Å². The van der Waals surface area contributed by atoms with E-state index >= 15 is 8.63 Å². The van der Waals surface area contributed by atoms with Gasteiger partial charge in [0.15, 0.2) is 5.70 Å². The van der Waals surface area contributed by atoms with E-state index in [0.29, 0.717) is 22.8 Å². The van der Waals surface area contributed by atoms with Gasteiger partial charge in [-0.05, 0) is 62.9 Å². The zero-order valence-corrected chi connectivity index (χ0v) is 18.5. The normalized spacial score (nSPS) is 18.0. The van der Waals surface area contributed by atoms with E-state index in [-0.39, 0.29) is 0 Å². The van der Waals surface area contributed by atoms with Crippen molar-refractivity contribution in [3.63, 3.8) is 0 Å². The molecule has 0 saturated heterocycles. The zero-order chi connectivity index (χ0) is 21.2. The highest BCUT2D eigenvalue weighted by atomic mass is 19.2. The van der Waals surface area contributed by atoms with Crippen LogP contribution in [0, 0.1) is 20.8 Å². The van der Waals surface area contributed by atoms with Crippen molar-refractivity contribution in [1.29, 1.82) is 0 Å². The molecule has 0 spiro atoms. The summed E-state index contributed by atoms with van der Waals surface area (Å²) in [4.78, 5) is 0. The van der Waals surface area contributed by atoms with Crippen LogP contribution in [0.3, 0.4) is 0 Å². The Kier molecular flexibility index (Phi) is 4.49. The minimum atomic E-state index is -3.95. The van der Waals surface area contributed by atoms with Crippen LogP contribution in [0.2, 0.25) is 0 Å². The fraction of sp³-hybridized carbons (Fsp3) is 0.375. The van der Waals surface area contributed by atoms with Gasteiger partial charge < -0.3 is 17.6 Å². The van der Waals surface area contributed by atoms with Gasteiger partial charge in [0.25, 0.3) is 0 Å². The lowest BCUT2D eigenvalue weighted by atomic mass is 9.83. The zero-order valence-electron chi connectivity index (χ0n) is 18.5. The third-order valence-corrected chi connectivity index (χ3v) is 6.80. The number of aryl methyl sites for hydroxylation is 1. The van der Waals surface area contributed by atoms with Gasteiger partial charge in [-0.15, -0.1) is 0 Å². The number of halogens is 2. The third kappa shape index (κ3) is 2.49. The lowest BCUT2D eigenvalue weighted by Crippen LogP contribution is -2.51. The molecule has 0 atom stereocenters. The fourth-order valence-corrected chi connectivity index (χ4v) is 5.55. The van der Waals surface area contributed by atoms with Crippen molar-refractivity contribution < 1.29 is 13.1 Å². The van der Waals surface area contributed by atoms with Crippen molar-refractivity contribution in [2.75, 3.05) is 0 Å². The highest BCUT2D eigenvalue weighted by Gasteiger charge is 2.56. The molecule has 2 nitrogen and oxygen atoms in total. The number of allylic oxidation sites excluding steroid dienone is 2. The summed E-state index contributed by atoms with van der Waals surface area (Å²) < 4.78 is 34.9. The first-order chi connectivity index (χ1) is 13.7. The van der Waals surface area contributed by atoms with Gasteiger partial charge in [-0.1, -0.05) is 43.7 Å². The number of hydrogen-bond donors (Lipinski definition) is 0. The molecule has 29 heavy (non-hydrogen) atoms. The van der Waals surface area contributed by atoms with E-state index < -0.39 is 6.97 Å². The first kappa shape index (κ1) is 19.9. The van der Waals surface area contributed by atoms with Crippen LogP contribution < -0.4 is 0 Å². The number of aromatic nitrogens is 1. The molecule has 1 aromatic carbocycles. The van der Waals surface area contributed by atoms with Crippen molar-refractivity contribution >= 4 is 18.3 Å². The van der Waals surface area contributed by atoms with E-state index in [1.54, 1.807) is 0 Å². The van der Waals surface area contributed by atoms with Crippen molar-refractivity contribution in [2.45, 2.75) is 61.3 Å². The van der Waals surface area contributed by atoms with Gasteiger partial charge in [0.2, 0.25) is 0 Å². The number of fused-ring (bicyclic) bond motifs is 2. The van der Waals surface area contributed by atoms with Crippen LogP contribution in [0.25, 0.3) is 5.57 Å². The number of benzene rings is 1. The van der Waals surface area contributed by atoms with E-state index in [1.165, 1.54) is 8.96 Å². The number of nitrogens with zero attached hydrogens (tertiary/aromatic N) is 2. The van der Waals surface area contributed by atoms with Gasteiger partial charge in [0, 0.05) is 23.8 Å². The van der Waals surface area contributed by atoms with Crippen LogP contribution in [0.15, 0.2) is 41.1 Å². The minimum Gasteiger partial charge on any atom is -0.393 e. The molecule has 0 fully saturated rings. The summed E-state index contributed by atoms with van der Waals surface area (Å²) in [6.45, 7) is 9.88. The summed E-state index contributed by atoms with van der Waals surface area (Å²) in [5.41, 5.74) is 9.82. The summed E-state index contributed by atoms with van der Waals surface area (Å²) >= 11 is 0. The van der Waals surface area contributed by atoms with Crippen LogP contribution in [-0.4, -0.2) is 21.6 Å². The summed E-state index contributed by atoms with van der Waals surface area (Å²) in [5, 5.41) is 0. The minimum absolute atomic E-state index is 0.685. The number of rotatable bonds is 3. The molecule has 1 aromatic heterocycles. The Hall–Kier alpha value is -2.43. The molecule has 3 heterocycles. The molecule has 0 radical (unpaired) electrons.